The Morgan fingerprint density at radius 1 is 1.72 bits per heavy atom. The van der Waals surface area contributed by atoms with E-state index >= 15 is 0 Å². The van der Waals surface area contributed by atoms with E-state index in [1.165, 1.54) is 6.08 Å². The van der Waals surface area contributed by atoms with E-state index < -0.39 is 12.2 Å². The van der Waals surface area contributed by atoms with Crippen molar-refractivity contribution < 1.29 is 14.6 Å². The molecule has 0 aromatic rings. The number of aliphatic hydroxyl groups excluding tert-OH is 1. The SMILES string of the molecule is C=CCOC(=O)N1CC(O)CC1C1=NCCN1C. The first-order valence-electron chi connectivity index (χ1n) is 6.11. The zero-order chi connectivity index (χ0) is 13.1. The minimum absolute atomic E-state index is 0.176. The number of hydrogen-bond donors (Lipinski definition) is 1. The number of carbonyl (C=O) groups is 1. The molecule has 100 valence electrons. The van der Waals surface area contributed by atoms with Gasteiger partial charge < -0.3 is 14.7 Å². The van der Waals surface area contributed by atoms with Crippen molar-refractivity contribution >= 4 is 11.9 Å². The van der Waals surface area contributed by atoms with E-state index in [1.54, 1.807) is 4.90 Å². The number of likely N-dealkylation sites (tertiary alicyclic amines) is 1. The highest BCUT2D eigenvalue weighted by Crippen LogP contribution is 2.22. The van der Waals surface area contributed by atoms with Crippen molar-refractivity contribution in [2.75, 3.05) is 33.3 Å². The molecule has 2 atom stereocenters. The van der Waals surface area contributed by atoms with Crippen LogP contribution in [-0.2, 0) is 4.74 Å². The van der Waals surface area contributed by atoms with Crippen LogP contribution >= 0.6 is 0 Å². The van der Waals surface area contributed by atoms with Gasteiger partial charge >= 0.3 is 6.09 Å². The van der Waals surface area contributed by atoms with Crippen molar-refractivity contribution in [3.63, 3.8) is 0 Å². The number of hydrogen-bond acceptors (Lipinski definition) is 5. The summed E-state index contributed by atoms with van der Waals surface area (Å²) in [6, 6.07) is -0.176. The summed E-state index contributed by atoms with van der Waals surface area (Å²) in [7, 11) is 1.95. The smallest absolute Gasteiger partial charge is 0.410 e. The highest BCUT2D eigenvalue weighted by atomic mass is 16.6. The van der Waals surface area contributed by atoms with Crippen LogP contribution < -0.4 is 0 Å². The lowest BCUT2D eigenvalue weighted by molar-refractivity contribution is 0.107. The van der Waals surface area contributed by atoms with Crippen LogP contribution in [0.4, 0.5) is 4.79 Å². The molecule has 2 heterocycles. The quantitative estimate of drug-likeness (QED) is 0.724. The highest BCUT2D eigenvalue weighted by Gasteiger charge is 2.40. The Balaban J connectivity index is 2.07. The number of amidine groups is 1. The van der Waals surface area contributed by atoms with E-state index in [2.05, 4.69) is 11.6 Å². The van der Waals surface area contributed by atoms with Gasteiger partial charge in [-0.2, -0.15) is 0 Å². The fraction of sp³-hybridized carbons (Fsp3) is 0.667. The lowest BCUT2D eigenvalue weighted by Crippen LogP contribution is -2.45. The molecule has 1 fully saturated rings. The summed E-state index contributed by atoms with van der Waals surface area (Å²) < 4.78 is 5.03. The van der Waals surface area contributed by atoms with E-state index in [-0.39, 0.29) is 12.6 Å². The molecule has 1 saturated heterocycles. The maximum Gasteiger partial charge on any atom is 0.410 e. The third kappa shape index (κ3) is 2.48. The zero-order valence-electron chi connectivity index (χ0n) is 10.6. The lowest BCUT2D eigenvalue weighted by atomic mass is 10.2. The maximum absolute atomic E-state index is 11.9. The normalized spacial score (nSPS) is 27.3. The van der Waals surface area contributed by atoms with Gasteiger partial charge in [0.15, 0.2) is 0 Å². The minimum atomic E-state index is -0.511. The second-order valence-corrected chi connectivity index (χ2v) is 4.58. The van der Waals surface area contributed by atoms with Crippen LogP contribution in [0, 0.1) is 0 Å². The van der Waals surface area contributed by atoms with Gasteiger partial charge in [-0.05, 0) is 0 Å². The number of aliphatic imine (C=N–C) groups is 1. The molecule has 0 radical (unpaired) electrons. The molecule has 1 N–H and O–H groups in total. The van der Waals surface area contributed by atoms with Gasteiger partial charge in [-0.15, -0.1) is 0 Å². The molecule has 0 bridgehead atoms. The van der Waals surface area contributed by atoms with Crippen LogP contribution in [0.1, 0.15) is 6.42 Å². The number of amides is 1. The van der Waals surface area contributed by atoms with Crippen molar-refractivity contribution in [2.45, 2.75) is 18.6 Å². The molecule has 1 amide bonds. The molecule has 2 aliphatic heterocycles. The van der Waals surface area contributed by atoms with Crippen molar-refractivity contribution in [3.8, 4) is 0 Å². The van der Waals surface area contributed by atoms with Gasteiger partial charge in [-0.1, -0.05) is 12.7 Å². The van der Waals surface area contributed by atoms with E-state index in [0.29, 0.717) is 13.0 Å². The minimum Gasteiger partial charge on any atom is -0.445 e. The molecule has 0 aliphatic carbocycles. The molecule has 2 rings (SSSR count). The van der Waals surface area contributed by atoms with Crippen LogP contribution in [0.25, 0.3) is 0 Å². The molecule has 2 aliphatic rings. The predicted octanol–water partition coefficient (Wildman–Crippen LogP) is 0.0881. The first-order chi connectivity index (χ1) is 8.63. The number of likely N-dealkylation sites (N-methyl/N-ethyl adjacent to an activating group) is 1. The molecular formula is C12H19N3O3. The Hall–Kier alpha value is -1.56. The first-order valence-corrected chi connectivity index (χ1v) is 6.11. The molecule has 6 heteroatoms. The van der Waals surface area contributed by atoms with Crippen molar-refractivity contribution in [1.29, 1.82) is 0 Å². The molecule has 6 nitrogen and oxygen atoms in total. The van der Waals surface area contributed by atoms with Crippen molar-refractivity contribution in [2.24, 2.45) is 4.99 Å². The summed E-state index contributed by atoms with van der Waals surface area (Å²) in [6.45, 7) is 5.59. The van der Waals surface area contributed by atoms with E-state index in [1.807, 2.05) is 11.9 Å². The van der Waals surface area contributed by atoms with Gasteiger partial charge in [0.25, 0.3) is 0 Å². The summed E-state index contributed by atoms with van der Waals surface area (Å²) in [4.78, 5) is 19.9. The second kappa shape index (κ2) is 5.39. The molecular weight excluding hydrogens is 234 g/mol. The van der Waals surface area contributed by atoms with E-state index in [4.69, 9.17) is 4.74 Å². The number of ether oxygens (including phenoxy) is 1. The largest absolute Gasteiger partial charge is 0.445 e. The van der Waals surface area contributed by atoms with Crippen LogP contribution in [0.5, 0.6) is 0 Å². The Bertz CT molecular complexity index is 370. The standard InChI is InChI=1S/C12H19N3O3/c1-3-6-18-12(17)15-8-9(16)7-10(15)11-13-4-5-14(11)2/h3,9-10,16H,1,4-8H2,2H3. The molecule has 0 aromatic heterocycles. The van der Waals surface area contributed by atoms with Crippen LogP contribution in [-0.4, -0.2) is 72.3 Å². The Morgan fingerprint density at radius 2 is 2.50 bits per heavy atom. The first kappa shape index (κ1) is 12.9. The monoisotopic (exact) mass is 253 g/mol. The predicted molar refractivity (Wildman–Crippen MR) is 67.6 cm³/mol. The lowest BCUT2D eigenvalue weighted by Gasteiger charge is -2.27. The average molecular weight is 253 g/mol. The van der Waals surface area contributed by atoms with E-state index in [0.717, 1.165) is 18.9 Å². The van der Waals surface area contributed by atoms with Gasteiger partial charge in [0, 0.05) is 20.0 Å². The molecule has 2 unspecified atom stereocenters. The van der Waals surface area contributed by atoms with E-state index in [9.17, 15) is 9.90 Å². The third-order valence-corrected chi connectivity index (χ3v) is 3.24. The Morgan fingerprint density at radius 3 is 3.11 bits per heavy atom. The molecule has 18 heavy (non-hydrogen) atoms. The summed E-state index contributed by atoms with van der Waals surface area (Å²) in [5, 5.41) is 9.75. The molecule has 0 aromatic carbocycles. The van der Waals surface area contributed by atoms with Crippen LogP contribution in [0.2, 0.25) is 0 Å². The second-order valence-electron chi connectivity index (χ2n) is 4.58. The van der Waals surface area contributed by atoms with Gasteiger partial charge in [-0.25, -0.2) is 4.79 Å². The number of aliphatic hydroxyl groups is 1. The average Bonchev–Trinajstić information content (AvgIpc) is 2.91. The van der Waals surface area contributed by atoms with Crippen molar-refractivity contribution in [3.05, 3.63) is 12.7 Å². The Kier molecular flexibility index (Phi) is 3.86. The Labute approximate surface area is 107 Å². The topological polar surface area (TPSA) is 65.4 Å². The van der Waals surface area contributed by atoms with Gasteiger partial charge in [0.2, 0.25) is 0 Å². The number of β-amino-alcohol motifs (C(OH)–C–C–N with tert-alkyl or cyclic N) is 1. The third-order valence-electron chi connectivity index (χ3n) is 3.24. The van der Waals surface area contributed by atoms with Crippen LogP contribution in [0.15, 0.2) is 17.6 Å². The summed E-state index contributed by atoms with van der Waals surface area (Å²) >= 11 is 0. The maximum atomic E-state index is 11.9. The zero-order valence-corrected chi connectivity index (χ0v) is 10.6. The van der Waals surface area contributed by atoms with Gasteiger partial charge in [-0.3, -0.25) is 9.89 Å². The fourth-order valence-electron chi connectivity index (χ4n) is 2.38. The van der Waals surface area contributed by atoms with Crippen LogP contribution in [0.3, 0.4) is 0 Å². The summed E-state index contributed by atoms with van der Waals surface area (Å²) in [6.07, 6.45) is 1.12. The molecule has 0 saturated carbocycles. The highest BCUT2D eigenvalue weighted by molar-refractivity contribution is 5.91. The van der Waals surface area contributed by atoms with Gasteiger partial charge in [0.05, 0.1) is 25.2 Å². The van der Waals surface area contributed by atoms with Gasteiger partial charge in [0.1, 0.15) is 12.4 Å². The number of rotatable bonds is 3. The number of carbonyl (C=O) groups excluding carboxylic acids is 1. The summed E-state index contributed by atoms with van der Waals surface area (Å²) in [5.41, 5.74) is 0. The van der Waals surface area contributed by atoms with Crippen molar-refractivity contribution in [1.82, 2.24) is 9.80 Å². The fourth-order valence-corrected chi connectivity index (χ4v) is 2.38. The number of nitrogens with zero attached hydrogens (tertiary/aromatic N) is 3. The molecule has 0 spiro atoms. The summed E-state index contributed by atoms with van der Waals surface area (Å²) in [5.74, 6) is 0.863.